The fourth-order valence-corrected chi connectivity index (χ4v) is 3.65. The smallest absolute Gasteiger partial charge is 0.317 e. The van der Waals surface area contributed by atoms with E-state index in [0.29, 0.717) is 26.2 Å². The third-order valence-corrected chi connectivity index (χ3v) is 5.09. The Balaban J connectivity index is 1.72. The zero-order chi connectivity index (χ0) is 18.4. The second kappa shape index (κ2) is 9.12. The molecule has 6 nitrogen and oxygen atoms in total. The Morgan fingerprint density at radius 3 is 2.81 bits per heavy atom. The summed E-state index contributed by atoms with van der Waals surface area (Å²) in [7, 11) is 1.66. The van der Waals surface area contributed by atoms with Crippen molar-refractivity contribution in [2.75, 3.05) is 33.4 Å². The molecule has 1 atom stereocenters. The highest BCUT2D eigenvalue weighted by Crippen LogP contribution is 2.35. The Kier molecular flexibility index (Phi) is 6.61. The van der Waals surface area contributed by atoms with E-state index >= 15 is 0 Å². The van der Waals surface area contributed by atoms with Gasteiger partial charge in [0.15, 0.2) is 11.5 Å². The van der Waals surface area contributed by atoms with E-state index in [9.17, 15) is 4.79 Å². The zero-order valence-electron chi connectivity index (χ0n) is 15.8. The van der Waals surface area contributed by atoms with Crippen molar-refractivity contribution in [3.05, 3.63) is 23.8 Å². The van der Waals surface area contributed by atoms with Crippen molar-refractivity contribution in [3.8, 4) is 11.5 Å². The standard InChI is InChI=1S/C20H30N2O4/c1-3-21-20(23)22-11-12-25-19(14-22)15-9-10-17(24-2)18(13-15)26-16-7-5-4-6-8-16/h9-10,13,16,19H,3-8,11-12,14H2,1-2H3,(H,21,23). The van der Waals surface area contributed by atoms with Crippen molar-refractivity contribution in [1.82, 2.24) is 10.2 Å². The van der Waals surface area contributed by atoms with Crippen molar-refractivity contribution in [3.63, 3.8) is 0 Å². The topological polar surface area (TPSA) is 60.0 Å². The van der Waals surface area contributed by atoms with Crippen LogP contribution in [0.3, 0.4) is 0 Å². The Morgan fingerprint density at radius 2 is 2.08 bits per heavy atom. The number of carbonyl (C=O) groups excluding carboxylic acids is 1. The van der Waals surface area contributed by atoms with Crippen LogP contribution in [0.5, 0.6) is 11.5 Å². The predicted octanol–water partition coefficient (Wildman–Crippen LogP) is 3.51. The van der Waals surface area contributed by atoms with Crippen LogP contribution >= 0.6 is 0 Å². The minimum Gasteiger partial charge on any atom is -0.493 e. The summed E-state index contributed by atoms with van der Waals surface area (Å²) in [5.41, 5.74) is 1.02. The largest absolute Gasteiger partial charge is 0.493 e. The molecule has 1 aromatic carbocycles. The molecule has 1 heterocycles. The lowest BCUT2D eigenvalue weighted by atomic mass is 9.97. The van der Waals surface area contributed by atoms with Gasteiger partial charge in [-0.3, -0.25) is 0 Å². The van der Waals surface area contributed by atoms with Gasteiger partial charge in [0, 0.05) is 13.1 Å². The molecular formula is C20H30N2O4. The van der Waals surface area contributed by atoms with Crippen molar-refractivity contribution in [2.24, 2.45) is 0 Å². The average molecular weight is 362 g/mol. The molecule has 2 amide bonds. The first-order chi connectivity index (χ1) is 12.7. The van der Waals surface area contributed by atoms with Crippen LogP contribution in [0.25, 0.3) is 0 Å². The molecule has 0 radical (unpaired) electrons. The average Bonchev–Trinajstić information content (AvgIpc) is 2.69. The number of hydrogen-bond donors (Lipinski definition) is 1. The third kappa shape index (κ3) is 4.61. The van der Waals surface area contributed by atoms with E-state index in [0.717, 1.165) is 29.9 Å². The second-order valence-electron chi connectivity index (χ2n) is 6.93. The number of methoxy groups -OCH3 is 1. The van der Waals surface area contributed by atoms with Gasteiger partial charge in [0.25, 0.3) is 0 Å². The summed E-state index contributed by atoms with van der Waals surface area (Å²) in [6, 6.07) is 5.91. The Morgan fingerprint density at radius 1 is 1.27 bits per heavy atom. The number of morpholine rings is 1. The molecule has 1 N–H and O–H groups in total. The molecule has 26 heavy (non-hydrogen) atoms. The third-order valence-electron chi connectivity index (χ3n) is 5.09. The van der Waals surface area contributed by atoms with Gasteiger partial charge in [-0.15, -0.1) is 0 Å². The number of nitrogens with one attached hydrogen (secondary N) is 1. The molecule has 0 aromatic heterocycles. The molecule has 3 rings (SSSR count). The lowest BCUT2D eigenvalue weighted by Gasteiger charge is -2.33. The maximum absolute atomic E-state index is 12.1. The number of ether oxygens (including phenoxy) is 3. The Labute approximate surface area is 155 Å². The van der Waals surface area contributed by atoms with E-state index in [1.807, 2.05) is 30.0 Å². The lowest BCUT2D eigenvalue weighted by Crippen LogP contribution is -2.47. The fourth-order valence-electron chi connectivity index (χ4n) is 3.65. The van der Waals surface area contributed by atoms with Crippen molar-refractivity contribution >= 4 is 6.03 Å². The monoisotopic (exact) mass is 362 g/mol. The fraction of sp³-hybridized carbons (Fsp3) is 0.650. The Hall–Kier alpha value is -1.95. The quantitative estimate of drug-likeness (QED) is 0.871. The summed E-state index contributed by atoms with van der Waals surface area (Å²) >= 11 is 0. The summed E-state index contributed by atoms with van der Waals surface area (Å²) in [6.45, 7) is 4.24. The summed E-state index contributed by atoms with van der Waals surface area (Å²) in [5, 5.41) is 2.86. The van der Waals surface area contributed by atoms with Crippen LogP contribution in [-0.4, -0.2) is 50.4 Å². The van der Waals surface area contributed by atoms with Crippen molar-refractivity contribution in [2.45, 2.75) is 51.2 Å². The highest BCUT2D eigenvalue weighted by Gasteiger charge is 2.26. The van der Waals surface area contributed by atoms with Crippen molar-refractivity contribution < 1.29 is 19.0 Å². The summed E-state index contributed by atoms with van der Waals surface area (Å²) < 4.78 is 17.7. The second-order valence-corrected chi connectivity index (χ2v) is 6.93. The lowest BCUT2D eigenvalue weighted by molar-refractivity contribution is -0.0155. The van der Waals surface area contributed by atoms with Crippen LogP contribution in [0.1, 0.15) is 50.7 Å². The number of carbonyl (C=O) groups is 1. The summed E-state index contributed by atoms with van der Waals surface area (Å²) in [5.74, 6) is 1.52. The molecule has 6 heteroatoms. The summed E-state index contributed by atoms with van der Waals surface area (Å²) in [4.78, 5) is 13.9. The van der Waals surface area contributed by atoms with Gasteiger partial charge in [-0.2, -0.15) is 0 Å². The Bertz CT molecular complexity index is 601. The molecule has 1 saturated carbocycles. The molecule has 0 bridgehead atoms. The highest BCUT2D eigenvalue weighted by molar-refractivity contribution is 5.74. The SMILES string of the molecule is CCNC(=O)N1CCOC(c2ccc(OC)c(OC3CCCCC3)c2)C1. The number of nitrogens with zero attached hydrogens (tertiary/aromatic N) is 1. The first-order valence-corrected chi connectivity index (χ1v) is 9.70. The van der Waals surface area contributed by atoms with Gasteiger partial charge in [0.05, 0.1) is 26.4 Å². The van der Waals surface area contributed by atoms with Gasteiger partial charge >= 0.3 is 6.03 Å². The van der Waals surface area contributed by atoms with Crippen LogP contribution in [0, 0.1) is 0 Å². The van der Waals surface area contributed by atoms with E-state index in [1.54, 1.807) is 7.11 Å². The normalized spacial score (nSPS) is 21.3. The number of amides is 2. The van der Waals surface area contributed by atoms with Crippen LogP contribution < -0.4 is 14.8 Å². The van der Waals surface area contributed by atoms with Crippen LogP contribution in [0.4, 0.5) is 4.79 Å². The van der Waals surface area contributed by atoms with E-state index in [-0.39, 0.29) is 18.2 Å². The van der Waals surface area contributed by atoms with E-state index < -0.39 is 0 Å². The van der Waals surface area contributed by atoms with E-state index in [2.05, 4.69) is 5.32 Å². The molecule has 1 aliphatic heterocycles. The molecule has 2 fully saturated rings. The maximum Gasteiger partial charge on any atom is 0.317 e. The van der Waals surface area contributed by atoms with E-state index in [4.69, 9.17) is 14.2 Å². The maximum atomic E-state index is 12.1. The van der Waals surface area contributed by atoms with Gasteiger partial charge in [0.2, 0.25) is 0 Å². The van der Waals surface area contributed by atoms with Crippen LogP contribution in [0.2, 0.25) is 0 Å². The molecule has 1 unspecified atom stereocenters. The van der Waals surface area contributed by atoms with Gasteiger partial charge < -0.3 is 24.4 Å². The predicted molar refractivity (Wildman–Crippen MR) is 99.8 cm³/mol. The minimum absolute atomic E-state index is 0.0343. The first-order valence-electron chi connectivity index (χ1n) is 9.70. The molecule has 2 aliphatic rings. The van der Waals surface area contributed by atoms with Crippen LogP contribution in [-0.2, 0) is 4.74 Å². The number of rotatable bonds is 5. The summed E-state index contributed by atoms with van der Waals surface area (Å²) in [6.07, 6.45) is 6.04. The first kappa shape index (κ1) is 18.8. The molecule has 1 aromatic rings. The molecule has 1 saturated heterocycles. The molecular weight excluding hydrogens is 332 g/mol. The van der Waals surface area contributed by atoms with E-state index in [1.165, 1.54) is 19.3 Å². The van der Waals surface area contributed by atoms with Crippen LogP contribution in [0.15, 0.2) is 18.2 Å². The molecule has 0 spiro atoms. The van der Waals surface area contributed by atoms with Gasteiger partial charge in [-0.1, -0.05) is 12.5 Å². The van der Waals surface area contributed by atoms with Gasteiger partial charge in [0.1, 0.15) is 6.10 Å². The minimum atomic E-state index is -0.147. The van der Waals surface area contributed by atoms with Crippen molar-refractivity contribution in [1.29, 1.82) is 0 Å². The molecule has 144 valence electrons. The number of urea groups is 1. The number of hydrogen-bond acceptors (Lipinski definition) is 4. The zero-order valence-corrected chi connectivity index (χ0v) is 15.8. The highest BCUT2D eigenvalue weighted by atomic mass is 16.5. The molecule has 1 aliphatic carbocycles. The number of benzene rings is 1. The van der Waals surface area contributed by atoms with Gasteiger partial charge in [-0.05, 0) is 50.3 Å². The van der Waals surface area contributed by atoms with Gasteiger partial charge in [-0.25, -0.2) is 4.79 Å².